The lowest BCUT2D eigenvalue weighted by atomic mass is 9.55. The fourth-order valence-corrected chi connectivity index (χ4v) is 9.70. The van der Waals surface area contributed by atoms with Crippen LogP contribution in [0.4, 0.5) is 0 Å². The van der Waals surface area contributed by atoms with Crippen molar-refractivity contribution in [2.24, 2.45) is 46.3 Å². The van der Waals surface area contributed by atoms with Crippen LogP contribution in [-0.4, -0.2) is 48.3 Å². The summed E-state index contributed by atoms with van der Waals surface area (Å²) in [7, 11) is 0. The minimum absolute atomic E-state index is 0.0627. The smallest absolute Gasteiger partial charge is 0.322 e. The molecular weight excluding hydrogens is 494 g/mol. The van der Waals surface area contributed by atoms with Crippen LogP contribution >= 0.6 is 0 Å². The number of esters is 2. The molecule has 10 unspecified atom stereocenters. The van der Waals surface area contributed by atoms with Gasteiger partial charge in [-0.15, -0.1) is 5.06 Å². The second-order valence-corrected chi connectivity index (χ2v) is 14.2. The molecule has 0 aromatic heterocycles. The predicted octanol–water partition coefficient (Wildman–Crippen LogP) is 5.39. The van der Waals surface area contributed by atoms with Gasteiger partial charge in [0.05, 0.1) is 11.8 Å². The Kier molecular flexibility index (Phi) is 6.76. The molecule has 4 aliphatic carbocycles. The van der Waals surface area contributed by atoms with Crippen molar-refractivity contribution in [3.05, 3.63) is 24.3 Å². The van der Waals surface area contributed by atoms with E-state index in [9.17, 15) is 14.4 Å². The molecule has 6 fully saturated rings. The second-order valence-electron chi connectivity index (χ2n) is 14.2. The Morgan fingerprint density at radius 3 is 1.72 bits per heavy atom. The van der Waals surface area contributed by atoms with Crippen molar-refractivity contribution in [3.8, 4) is 0 Å². The summed E-state index contributed by atoms with van der Waals surface area (Å²) >= 11 is 0. The minimum atomic E-state index is -0.449. The Morgan fingerprint density at radius 2 is 1.31 bits per heavy atom. The van der Waals surface area contributed by atoms with Crippen LogP contribution in [0.2, 0.25) is 0 Å². The molecule has 39 heavy (non-hydrogen) atoms. The van der Waals surface area contributed by atoms with Gasteiger partial charge in [0.25, 0.3) is 0 Å². The molecule has 0 bridgehead atoms. The van der Waals surface area contributed by atoms with E-state index in [-0.39, 0.29) is 59.9 Å². The van der Waals surface area contributed by atoms with Gasteiger partial charge in [-0.2, -0.15) is 0 Å². The zero-order valence-electron chi connectivity index (χ0n) is 23.9. The third kappa shape index (κ3) is 4.66. The Balaban J connectivity index is 1.19. The first-order valence-electron chi connectivity index (χ1n) is 15.2. The highest BCUT2D eigenvalue weighted by molar-refractivity contribution is 5.77. The van der Waals surface area contributed by atoms with Crippen molar-refractivity contribution in [1.29, 1.82) is 0 Å². The highest BCUT2D eigenvalue weighted by Crippen LogP contribution is 2.58. The topological polar surface area (TPSA) is 82.1 Å². The summed E-state index contributed by atoms with van der Waals surface area (Å²) in [6.07, 6.45) is 9.94. The number of hydrogen-bond acceptors (Lipinski definition) is 7. The molecule has 0 amide bonds. The summed E-state index contributed by atoms with van der Waals surface area (Å²) in [6, 6.07) is 0. The lowest BCUT2D eigenvalue weighted by molar-refractivity contribution is -0.197. The summed E-state index contributed by atoms with van der Waals surface area (Å²) < 4.78 is 11.9. The van der Waals surface area contributed by atoms with Gasteiger partial charge >= 0.3 is 17.9 Å². The number of hydroxylamine groups is 2. The number of carbonyl (C=O) groups excluding carboxylic acids is 3. The van der Waals surface area contributed by atoms with Crippen LogP contribution in [0.25, 0.3) is 0 Å². The van der Waals surface area contributed by atoms with Crippen LogP contribution in [-0.2, 0) is 28.7 Å². The predicted molar refractivity (Wildman–Crippen MR) is 145 cm³/mol. The molecule has 7 nitrogen and oxygen atoms in total. The van der Waals surface area contributed by atoms with E-state index in [0.717, 1.165) is 64.2 Å². The fourth-order valence-electron chi connectivity index (χ4n) is 9.70. The number of hydrogen-bond donors (Lipinski definition) is 0. The molecule has 0 aromatic rings. The van der Waals surface area contributed by atoms with Crippen molar-refractivity contribution < 1.29 is 28.7 Å². The van der Waals surface area contributed by atoms with E-state index in [1.165, 1.54) is 18.1 Å². The summed E-state index contributed by atoms with van der Waals surface area (Å²) in [5.41, 5.74) is 2.85. The average Bonchev–Trinajstić information content (AvgIpc) is 3.30. The summed E-state index contributed by atoms with van der Waals surface area (Å²) in [5, 5.41) is 1.57. The lowest BCUT2D eigenvalue weighted by Crippen LogP contribution is -2.47. The fraction of sp³-hybridized carbons (Fsp3) is 0.781. The van der Waals surface area contributed by atoms with Crippen LogP contribution in [0.1, 0.15) is 85.0 Å². The first-order chi connectivity index (χ1) is 18.5. The van der Waals surface area contributed by atoms with Crippen molar-refractivity contribution in [1.82, 2.24) is 5.06 Å². The van der Waals surface area contributed by atoms with Crippen molar-refractivity contribution in [2.75, 3.05) is 13.1 Å². The van der Waals surface area contributed by atoms with Gasteiger partial charge in [0, 0.05) is 31.8 Å². The average molecular weight is 540 g/mol. The van der Waals surface area contributed by atoms with Crippen LogP contribution in [0.3, 0.4) is 0 Å². The number of ether oxygens (including phenoxy) is 2. The van der Waals surface area contributed by atoms with Crippen LogP contribution in [0.5, 0.6) is 0 Å². The van der Waals surface area contributed by atoms with E-state index in [2.05, 4.69) is 27.0 Å². The van der Waals surface area contributed by atoms with E-state index in [1.807, 2.05) is 0 Å². The summed E-state index contributed by atoms with van der Waals surface area (Å²) in [5.74, 6) is -0.767. The van der Waals surface area contributed by atoms with Crippen LogP contribution in [0, 0.1) is 46.3 Å². The third-order valence-corrected chi connectivity index (χ3v) is 11.7. The molecule has 7 heteroatoms. The maximum atomic E-state index is 13.2. The Labute approximate surface area is 232 Å². The van der Waals surface area contributed by atoms with Crippen LogP contribution < -0.4 is 0 Å². The van der Waals surface area contributed by atoms with Gasteiger partial charge in [-0.1, -0.05) is 38.2 Å². The molecule has 6 aliphatic rings. The highest BCUT2D eigenvalue weighted by atomic mass is 16.7. The van der Waals surface area contributed by atoms with E-state index in [4.69, 9.17) is 14.3 Å². The van der Waals surface area contributed by atoms with E-state index >= 15 is 0 Å². The lowest BCUT2D eigenvalue weighted by Gasteiger charge is -2.50. The number of rotatable bonds is 5. The van der Waals surface area contributed by atoms with Gasteiger partial charge in [-0.3, -0.25) is 14.4 Å². The molecule has 2 saturated heterocycles. The molecule has 214 valence electrons. The van der Waals surface area contributed by atoms with Crippen molar-refractivity contribution >= 4 is 17.9 Å². The first kappa shape index (κ1) is 27.0. The molecule has 0 aromatic carbocycles. The number of fused-ring (bicyclic) bond motifs is 4. The van der Waals surface area contributed by atoms with Crippen molar-refractivity contribution in [3.63, 3.8) is 0 Å². The molecule has 0 radical (unpaired) electrons. The standard InChI is InChI=1S/C32H45NO6/c1-18-8-6-10-31(4)14-27-21(12-25(18)31)23(29(35)37-27)16-33(39-20(3)34)17-24-22-13-26-19(2)9-7-11-32(26,5)15-28(22)38-30(24)36/h21-28H,1-2,6-17H2,3-5H3. The van der Waals surface area contributed by atoms with E-state index in [0.29, 0.717) is 11.8 Å². The number of allylic oxidation sites excluding steroid dienone is 2. The second kappa shape index (κ2) is 9.74. The maximum Gasteiger partial charge on any atom is 0.322 e. The monoisotopic (exact) mass is 539 g/mol. The first-order valence-corrected chi connectivity index (χ1v) is 15.2. The van der Waals surface area contributed by atoms with Gasteiger partial charge < -0.3 is 14.3 Å². The number of nitrogens with zero attached hydrogens (tertiary/aromatic N) is 1. The highest BCUT2D eigenvalue weighted by Gasteiger charge is 2.58. The van der Waals surface area contributed by atoms with Gasteiger partial charge in [0.2, 0.25) is 0 Å². The quantitative estimate of drug-likeness (QED) is 0.263. The molecule has 6 rings (SSSR count). The molecule has 2 aliphatic heterocycles. The molecule has 10 atom stereocenters. The van der Waals surface area contributed by atoms with E-state index in [1.54, 1.807) is 5.06 Å². The van der Waals surface area contributed by atoms with Gasteiger partial charge in [-0.05, 0) is 86.9 Å². The zero-order valence-corrected chi connectivity index (χ0v) is 23.9. The van der Waals surface area contributed by atoms with Gasteiger partial charge in [0.15, 0.2) is 0 Å². The molecule has 0 spiro atoms. The van der Waals surface area contributed by atoms with Crippen LogP contribution in [0.15, 0.2) is 24.3 Å². The van der Waals surface area contributed by atoms with E-state index < -0.39 is 17.8 Å². The maximum absolute atomic E-state index is 13.2. The number of carbonyl (C=O) groups is 3. The zero-order chi connectivity index (χ0) is 27.7. The molecule has 4 saturated carbocycles. The Morgan fingerprint density at radius 1 is 0.872 bits per heavy atom. The largest absolute Gasteiger partial charge is 0.462 e. The molecule has 2 heterocycles. The summed E-state index contributed by atoms with van der Waals surface area (Å²) in [6.45, 7) is 15.3. The molecular formula is C32H45NO6. The Bertz CT molecular complexity index is 1010. The SMILES string of the molecule is C=C1CCCC2(C)CC3OC(=O)C(CN(CC4C(=O)OC5CC6(C)CCCC(=C)C6CC54)OC(C)=O)C3CC12. The minimum Gasteiger partial charge on any atom is -0.462 e. The molecule has 0 N–H and O–H groups in total. The third-order valence-electron chi connectivity index (χ3n) is 11.7. The van der Waals surface area contributed by atoms with Crippen molar-refractivity contribution in [2.45, 2.75) is 97.2 Å². The van der Waals surface area contributed by atoms with Gasteiger partial charge in [-0.25, -0.2) is 0 Å². The normalized spacial score (nSPS) is 45.1. The Hall–Kier alpha value is -2.15. The van der Waals surface area contributed by atoms with Gasteiger partial charge in [0.1, 0.15) is 12.2 Å². The summed E-state index contributed by atoms with van der Waals surface area (Å²) in [4.78, 5) is 44.2.